The second-order valence-electron chi connectivity index (χ2n) is 6.44. The molecule has 144 valence electrons. The third-order valence-electron chi connectivity index (χ3n) is 4.69. The van der Waals surface area contributed by atoms with Gasteiger partial charge in [-0.1, -0.05) is 17.3 Å². The Labute approximate surface area is 152 Å². The van der Waals surface area contributed by atoms with Crippen LogP contribution in [0.15, 0.2) is 28.8 Å². The maximum atomic E-state index is 12.9. The van der Waals surface area contributed by atoms with E-state index in [0.29, 0.717) is 18.4 Å². The number of carbonyl (C=O) groups is 2. The van der Waals surface area contributed by atoms with Crippen LogP contribution in [0.4, 0.5) is 13.2 Å². The first-order chi connectivity index (χ1) is 12.7. The molecule has 0 atom stereocenters. The average molecular weight is 382 g/mol. The number of hydrogen-bond donors (Lipinski definition) is 1. The molecule has 1 aliphatic rings. The number of nitrogens with zero attached hydrogens (tertiary/aromatic N) is 2. The molecule has 0 aliphatic carbocycles. The Balaban J connectivity index is 1.85. The van der Waals surface area contributed by atoms with Crippen LogP contribution in [0.2, 0.25) is 0 Å². The minimum absolute atomic E-state index is 0.173. The smallest absolute Gasteiger partial charge is 0.416 e. The van der Waals surface area contributed by atoms with Gasteiger partial charge in [-0.2, -0.15) is 13.2 Å². The number of carbonyl (C=O) groups excluding carboxylic acids is 1. The lowest BCUT2D eigenvalue weighted by Crippen LogP contribution is -2.40. The van der Waals surface area contributed by atoms with Gasteiger partial charge in [0.2, 0.25) is 0 Å². The van der Waals surface area contributed by atoms with Crippen molar-refractivity contribution in [2.75, 3.05) is 13.1 Å². The highest BCUT2D eigenvalue weighted by molar-refractivity contribution is 6.00. The van der Waals surface area contributed by atoms with Crippen LogP contribution in [-0.2, 0) is 11.0 Å². The molecule has 9 heteroatoms. The standard InChI is InChI=1S/C18H17F3N2O4/c1-10-14(16(24)23-8-6-12(7-9-23)17(25)26)15(22-27-10)11-2-4-13(5-3-11)18(19,20)21/h2-5,12H,6-9H2,1H3,(H,25,26). The van der Waals surface area contributed by atoms with Crippen LogP contribution in [0, 0.1) is 12.8 Å². The van der Waals surface area contributed by atoms with Gasteiger partial charge in [0.05, 0.1) is 11.5 Å². The van der Waals surface area contributed by atoms with Crippen molar-refractivity contribution in [1.82, 2.24) is 10.1 Å². The van der Waals surface area contributed by atoms with E-state index in [1.54, 1.807) is 6.92 Å². The SMILES string of the molecule is Cc1onc(-c2ccc(C(F)(F)F)cc2)c1C(=O)N1CCC(C(=O)O)CC1. The molecular formula is C18H17F3N2O4. The van der Waals surface area contributed by atoms with E-state index in [2.05, 4.69) is 5.16 Å². The normalized spacial score (nSPS) is 15.8. The van der Waals surface area contributed by atoms with Crippen LogP contribution in [0.1, 0.15) is 34.5 Å². The summed E-state index contributed by atoms with van der Waals surface area (Å²) in [6.07, 6.45) is -3.76. The third kappa shape index (κ3) is 3.81. The molecule has 0 saturated carbocycles. The van der Waals surface area contributed by atoms with Crippen molar-refractivity contribution >= 4 is 11.9 Å². The molecule has 0 bridgehead atoms. The van der Waals surface area contributed by atoms with Crippen molar-refractivity contribution in [2.24, 2.45) is 5.92 Å². The number of likely N-dealkylation sites (tertiary alicyclic amines) is 1. The molecule has 2 heterocycles. The summed E-state index contributed by atoms with van der Waals surface area (Å²) >= 11 is 0. The van der Waals surface area contributed by atoms with E-state index in [4.69, 9.17) is 9.63 Å². The van der Waals surface area contributed by atoms with Gasteiger partial charge in [0.25, 0.3) is 5.91 Å². The van der Waals surface area contributed by atoms with Crippen LogP contribution >= 0.6 is 0 Å². The Kier molecular flexibility index (Phi) is 4.95. The minimum Gasteiger partial charge on any atom is -0.481 e. The molecule has 1 fully saturated rings. The lowest BCUT2D eigenvalue weighted by atomic mass is 9.96. The number of rotatable bonds is 3. The molecule has 2 aromatic rings. The van der Waals surface area contributed by atoms with Gasteiger partial charge in [-0.15, -0.1) is 0 Å². The van der Waals surface area contributed by atoms with Crippen LogP contribution in [-0.4, -0.2) is 40.1 Å². The first-order valence-electron chi connectivity index (χ1n) is 8.34. The molecule has 0 radical (unpaired) electrons. The topological polar surface area (TPSA) is 83.6 Å². The summed E-state index contributed by atoms with van der Waals surface area (Å²) in [7, 11) is 0. The molecule has 27 heavy (non-hydrogen) atoms. The molecule has 1 N–H and O–H groups in total. The lowest BCUT2D eigenvalue weighted by Gasteiger charge is -2.30. The zero-order valence-corrected chi connectivity index (χ0v) is 14.4. The quantitative estimate of drug-likeness (QED) is 0.877. The van der Waals surface area contributed by atoms with E-state index in [0.717, 1.165) is 12.1 Å². The number of carboxylic acid groups (broad SMARTS) is 1. The zero-order valence-electron chi connectivity index (χ0n) is 14.4. The van der Waals surface area contributed by atoms with Gasteiger partial charge < -0.3 is 14.5 Å². The van der Waals surface area contributed by atoms with Crippen molar-refractivity contribution in [3.05, 3.63) is 41.2 Å². The van der Waals surface area contributed by atoms with Crippen LogP contribution < -0.4 is 0 Å². The number of aliphatic carboxylic acids is 1. The van der Waals surface area contributed by atoms with Gasteiger partial charge >= 0.3 is 12.1 Å². The number of piperidine rings is 1. The van der Waals surface area contributed by atoms with E-state index in [9.17, 15) is 22.8 Å². The van der Waals surface area contributed by atoms with Crippen molar-refractivity contribution in [3.63, 3.8) is 0 Å². The second kappa shape index (κ2) is 7.05. The summed E-state index contributed by atoms with van der Waals surface area (Å²) in [5, 5.41) is 12.9. The fourth-order valence-electron chi connectivity index (χ4n) is 3.13. The summed E-state index contributed by atoms with van der Waals surface area (Å²) in [5.41, 5.74) is -0.103. The Morgan fingerprint density at radius 2 is 1.78 bits per heavy atom. The van der Waals surface area contributed by atoms with E-state index < -0.39 is 23.6 Å². The Morgan fingerprint density at radius 1 is 1.19 bits per heavy atom. The monoisotopic (exact) mass is 382 g/mol. The number of amides is 1. The summed E-state index contributed by atoms with van der Waals surface area (Å²) in [5.74, 6) is -1.47. The zero-order chi connectivity index (χ0) is 19.8. The largest absolute Gasteiger partial charge is 0.481 e. The van der Waals surface area contributed by atoms with E-state index in [-0.39, 0.29) is 36.0 Å². The van der Waals surface area contributed by atoms with Gasteiger partial charge in [0.15, 0.2) is 0 Å². The molecule has 1 amide bonds. The van der Waals surface area contributed by atoms with Gasteiger partial charge in [0.1, 0.15) is 17.0 Å². The lowest BCUT2D eigenvalue weighted by molar-refractivity contribution is -0.143. The summed E-state index contributed by atoms with van der Waals surface area (Å²) in [6.45, 7) is 2.12. The summed E-state index contributed by atoms with van der Waals surface area (Å²) in [4.78, 5) is 25.4. The van der Waals surface area contributed by atoms with Crippen LogP contribution in [0.5, 0.6) is 0 Å². The predicted molar refractivity (Wildman–Crippen MR) is 87.9 cm³/mol. The van der Waals surface area contributed by atoms with Gasteiger partial charge in [0, 0.05) is 18.7 Å². The first kappa shape index (κ1) is 18.9. The molecule has 0 spiro atoms. The van der Waals surface area contributed by atoms with Crippen molar-refractivity contribution < 1.29 is 32.4 Å². The molecule has 1 aromatic heterocycles. The van der Waals surface area contributed by atoms with E-state index in [1.165, 1.54) is 17.0 Å². The number of halogens is 3. The Hall–Kier alpha value is -2.84. The summed E-state index contributed by atoms with van der Waals surface area (Å²) in [6, 6.07) is 4.33. The average Bonchev–Trinajstić information content (AvgIpc) is 3.02. The molecule has 0 unspecified atom stereocenters. The molecule has 1 saturated heterocycles. The minimum atomic E-state index is -4.45. The number of benzene rings is 1. The number of carboxylic acids is 1. The molecule has 1 aromatic carbocycles. The fraction of sp³-hybridized carbons (Fsp3) is 0.389. The number of alkyl halides is 3. The van der Waals surface area contributed by atoms with Gasteiger partial charge in [-0.3, -0.25) is 9.59 Å². The van der Waals surface area contributed by atoms with Crippen molar-refractivity contribution in [3.8, 4) is 11.3 Å². The predicted octanol–water partition coefficient (Wildman–Crippen LogP) is 3.61. The van der Waals surface area contributed by atoms with Crippen LogP contribution in [0.25, 0.3) is 11.3 Å². The van der Waals surface area contributed by atoms with Crippen LogP contribution in [0.3, 0.4) is 0 Å². The fourth-order valence-corrected chi connectivity index (χ4v) is 3.13. The molecular weight excluding hydrogens is 365 g/mol. The Bertz CT molecular complexity index is 850. The first-order valence-corrected chi connectivity index (χ1v) is 8.34. The maximum Gasteiger partial charge on any atom is 0.416 e. The number of hydrogen-bond acceptors (Lipinski definition) is 4. The molecule has 6 nitrogen and oxygen atoms in total. The highest BCUT2D eigenvalue weighted by atomic mass is 19.4. The van der Waals surface area contributed by atoms with Gasteiger partial charge in [-0.25, -0.2) is 0 Å². The number of aromatic nitrogens is 1. The molecule has 3 rings (SSSR count). The summed E-state index contributed by atoms with van der Waals surface area (Å²) < 4.78 is 43.3. The van der Waals surface area contributed by atoms with E-state index in [1.807, 2.05) is 0 Å². The molecule has 1 aliphatic heterocycles. The number of aryl methyl sites for hydroxylation is 1. The van der Waals surface area contributed by atoms with Crippen molar-refractivity contribution in [2.45, 2.75) is 25.9 Å². The second-order valence-corrected chi connectivity index (χ2v) is 6.44. The van der Waals surface area contributed by atoms with Gasteiger partial charge in [-0.05, 0) is 31.9 Å². The highest BCUT2D eigenvalue weighted by Crippen LogP contribution is 2.33. The van der Waals surface area contributed by atoms with E-state index >= 15 is 0 Å². The highest BCUT2D eigenvalue weighted by Gasteiger charge is 2.32. The van der Waals surface area contributed by atoms with Crippen molar-refractivity contribution in [1.29, 1.82) is 0 Å². The maximum absolute atomic E-state index is 12.9. The third-order valence-corrected chi connectivity index (χ3v) is 4.69. The Morgan fingerprint density at radius 3 is 2.30 bits per heavy atom.